The minimum atomic E-state index is -2.16. The largest absolute Gasteiger partial charge is 0.171 e. The van der Waals surface area contributed by atoms with E-state index in [1.165, 1.54) is 21.1 Å². The lowest BCUT2D eigenvalue weighted by Gasteiger charge is -2.30. The van der Waals surface area contributed by atoms with Crippen LogP contribution in [0, 0.1) is 6.92 Å². The molecule has 0 N–H and O–H groups in total. The maximum atomic E-state index is 4.25. The van der Waals surface area contributed by atoms with Gasteiger partial charge in [0.1, 0.15) is 0 Å². The third-order valence-electron chi connectivity index (χ3n) is 4.27. The van der Waals surface area contributed by atoms with Crippen molar-refractivity contribution in [3.63, 3.8) is 0 Å². The Balaban J connectivity index is 2.30. The monoisotopic (exact) mass is 300 g/mol. The molecule has 108 valence electrons. The Kier molecular flexibility index (Phi) is 4.08. The molecule has 22 heavy (non-hydrogen) atoms. The maximum Gasteiger partial charge on any atom is 0.171 e. The third kappa shape index (κ3) is 2.44. The van der Waals surface area contributed by atoms with Crippen molar-refractivity contribution in [1.29, 1.82) is 0 Å². The topological polar surface area (TPSA) is 0 Å². The van der Waals surface area contributed by atoms with Gasteiger partial charge >= 0.3 is 0 Å². The van der Waals surface area contributed by atoms with Crippen molar-refractivity contribution >= 4 is 23.6 Å². The summed E-state index contributed by atoms with van der Waals surface area (Å²) < 4.78 is 0. The zero-order chi connectivity index (χ0) is 15.4. The number of benzene rings is 3. The molecule has 0 aromatic heterocycles. The van der Waals surface area contributed by atoms with Gasteiger partial charge in [-0.1, -0.05) is 96.2 Å². The molecule has 0 saturated carbocycles. The molecule has 0 amide bonds. The van der Waals surface area contributed by atoms with Gasteiger partial charge in [0.05, 0.1) is 0 Å². The zero-order valence-corrected chi connectivity index (χ0v) is 13.9. The standard InChI is InChI=1S/C21H20Si/c1-3-22(19-10-6-4-7-11-19,20-12-8-5-9-13-20)21-16-14-18(2)15-17-21/h3-17H,1H2,2H3. The van der Waals surface area contributed by atoms with Crippen molar-refractivity contribution in [2.45, 2.75) is 6.92 Å². The molecule has 0 aliphatic rings. The lowest BCUT2D eigenvalue weighted by molar-refractivity contribution is 1.49. The highest BCUT2D eigenvalue weighted by Gasteiger charge is 2.35. The van der Waals surface area contributed by atoms with Gasteiger partial charge in [-0.3, -0.25) is 0 Å². The molecule has 3 rings (SSSR count). The van der Waals surface area contributed by atoms with Crippen molar-refractivity contribution in [1.82, 2.24) is 0 Å². The van der Waals surface area contributed by atoms with Crippen LogP contribution in [-0.4, -0.2) is 8.07 Å². The van der Waals surface area contributed by atoms with Gasteiger partial charge < -0.3 is 0 Å². The molecule has 0 spiro atoms. The lowest BCUT2D eigenvalue weighted by atomic mass is 10.2. The van der Waals surface area contributed by atoms with E-state index >= 15 is 0 Å². The molecule has 0 aliphatic carbocycles. The molecule has 0 heterocycles. The van der Waals surface area contributed by atoms with Crippen molar-refractivity contribution in [3.05, 3.63) is 103 Å². The molecular formula is C21H20Si. The summed E-state index contributed by atoms with van der Waals surface area (Å²) in [5.41, 5.74) is 3.49. The Hall–Kier alpha value is -2.38. The van der Waals surface area contributed by atoms with E-state index in [4.69, 9.17) is 0 Å². The SMILES string of the molecule is C=C[Si](c1ccccc1)(c1ccccc1)c1ccc(C)cc1. The summed E-state index contributed by atoms with van der Waals surface area (Å²) in [4.78, 5) is 0. The molecule has 0 nitrogen and oxygen atoms in total. The van der Waals surface area contributed by atoms with Gasteiger partial charge in [-0.15, -0.1) is 6.58 Å². The highest BCUT2D eigenvalue weighted by atomic mass is 28.3. The van der Waals surface area contributed by atoms with Gasteiger partial charge in [-0.05, 0) is 22.5 Å². The molecule has 0 aliphatic heterocycles. The summed E-state index contributed by atoms with van der Waals surface area (Å²) >= 11 is 0. The molecule has 3 aromatic carbocycles. The van der Waals surface area contributed by atoms with E-state index < -0.39 is 8.07 Å². The van der Waals surface area contributed by atoms with Crippen LogP contribution in [0.2, 0.25) is 0 Å². The summed E-state index contributed by atoms with van der Waals surface area (Å²) in [6, 6.07) is 30.5. The average Bonchev–Trinajstić information content (AvgIpc) is 2.59. The van der Waals surface area contributed by atoms with Crippen LogP contribution in [0.3, 0.4) is 0 Å². The molecule has 1 heteroatoms. The summed E-state index contributed by atoms with van der Waals surface area (Å²) in [7, 11) is -2.16. The highest BCUT2D eigenvalue weighted by molar-refractivity contribution is 7.14. The lowest BCUT2D eigenvalue weighted by Crippen LogP contribution is -2.65. The third-order valence-corrected chi connectivity index (χ3v) is 8.62. The summed E-state index contributed by atoms with van der Waals surface area (Å²) in [5.74, 6) is 0. The molecular weight excluding hydrogens is 280 g/mol. The number of rotatable bonds is 4. The molecule has 0 radical (unpaired) electrons. The van der Waals surface area contributed by atoms with Crippen LogP contribution in [0.1, 0.15) is 5.56 Å². The van der Waals surface area contributed by atoms with Gasteiger partial charge in [-0.25, -0.2) is 0 Å². The van der Waals surface area contributed by atoms with Crippen LogP contribution < -0.4 is 15.6 Å². The van der Waals surface area contributed by atoms with E-state index in [2.05, 4.69) is 104 Å². The second-order valence-corrected chi connectivity index (χ2v) is 9.37. The molecule has 0 atom stereocenters. The minimum absolute atomic E-state index is 1.29. The minimum Gasteiger partial charge on any atom is -0.106 e. The van der Waals surface area contributed by atoms with Crippen LogP contribution in [0.5, 0.6) is 0 Å². The van der Waals surface area contributed by atoms with Crippen LogP contribution in [0.25, 0.3) is 0 Å². The van der Waals surface area contributed by atoms with Crippen LogP contribution in [0.4, 0.5) is 0 Å². The van der Waals surface area contributed by atoms with E-state index in [-0.39, 0.29) is 0 Å². The Bertz CT molecular complexity index is 703. The maximum absolute atomic E-state index is 4.25. The summed E-state index contributed by atoms with van der Waals surface area (Å²) in [5, 5.41) is 4.13. The van der Waals surface area contributed by atoms with E-state index in [1.807, 2.05) is 0 Å². The van der Waals surface area contributed by atoms with Crippen LogP contribution in [0.15, 0.2) is 97.2 Å². The van der Waals surface area contributed by atoms with Crippen LogP contribution in [-0.2, 0) is 0 Å². The summed E-state index contributed by atoms with van der Waals surface area (Å²) in [6.45, 7) is 6.38. The first-order valence-electron chi connectivity index (χ1n) is 7.59. The first kappa shape index (κ1) is 14.5. The second kappa shape index (κ2) is 6.16. The predicted octanol–water partition coefficient (Wildman–Crippen LogP) is 3.19. The Morgan fingerprint density at radius 2 is 1.05 bits per heavy atom. The highest BCUT2D eigenvalue weighted by Crippen LogP contribution is 2.09. The van der Waals surface area contributed by atoms with Crippen LogP contribution >= 0.6 is 0 Å². The van der Waals surface area contributed by atoms with E-state index in [0.29, 0.717) is 0 Å². The van der Waals surface area contributed by atoms with Crippen molar-refractivity contribution in [3.8, 4) is 0 Å². The molecule has 0 bridgehead atoms. The molecule has 0 fully saturated rings. The van der Waals surface area contributed by atoms with Crippen molar-refractivity contribution < 1.29 is 0 Å². The second-order valence-electron chi connectivity index (χ2n) is 5.61. The number of aryl methyl sites for hydroxylation is 1. The fourth-order valence-corrected chi connectivity index (χ4v) is 6.91. The zero-order valence-electron chi connectivity index (χ0n) is 12.9. The van der Waals surface area contributed by atoms with E-state index in [1.54, 1.807) is 0 Å². The van der Waals surface area contributed by atoms with E-state index in [9.17, 15) is 0 Å². The van der Waals surface area contributed by atoms with Gasteiger partial charge in [0.25, 0.3) is 0 Å². The molecule has 0 unspecified atom stereocenters. The van der Waals surface area contributed by atoms with Crippen molar-refractivity contribution in [2.75, 3.05) is 0 Å². The van der Waals surface area contributed by atoms with Gasteiger partial charge in [0, 0.05) is 0 Å². The molecule has 0 saturated heterocycles. The Morgan fingerprint density at radius 3 is 1.45 bits per heavy atom. The molecule has 3 aromatic rings. The normalized spacial score (nSPS) is 11.1. The summed E-state index contributed by atoms with van der Waals surface area (Å²) in [6.07, 6.45) is 0. The van der Waals surface area contributed by atoms with E-state index in [0.717, 1.165) is 0 Å². The van der Waals surface area contributed by atoms with Gasteiger partial charge in [-0.2, -0.15) is 0 Å². The smallest absolute Gasteiger partial charge is 0.106 e. The Morgan fingerprint density at radius 1 is 0.636 bits per heavy atom. The number of hydrogen-bond donors (Lipinski definition) is 0. The first-order valence-corrected chi connectivity index (χ1v) is 9.67. The quantitative estimate of drug-likeness (QED) is 0.513. The first-order chi connectivity index (χ1) is 10.8. The van der Waals surface area contributed by atoms with Gasteiger partial charge in [0.15, 0.2) is 8.07 Å². The average molecular weight is 300 g/mol. The van der Waals surface area contributed by atoms with Gasteiger partial charge in [0.2, 0.25) is 0 Å². The fraction of sp³-hybridized carbons (Fsp3) is 0.0476. The predicted molar refractivity (Wildman–Crippen MR) is 98.9 cm³/mol. The Labute approximate surface area is 133 Å². The number of hydrogen-bond acceptors (Lipinski definition) is 0. The fourth-order valence-electron chi connectivity index (χ4n) is 3.07. The van der Waals surface area contributed by atoms with Crippen molar-refractivity contribution in [2.24, 2.45) is 0 Å².